The number of aromatic nitrogens is 3. The fourth-order valence-electron chi connectivity index (χ4n) is 3.41. The summed E-state index contributed by atoms with van der Waals surface area (Å²) in [5.41, 5.74) is 3.19. The molecule has 1 aliphatic rings. The molecule has 0 spiro atoms. The number of nitrogens with zero attached hydrogens (tertiary/aromatic N) is 4. The van der Waals surface area contributed by atoms with E-state index in [0.717, 1.165) is 29.1 Å². The molecule has 1 N–H and O–H groups in total. The molecule has 4 rings (SSSR count). The van der Waals surface area contributed by atoms with Gasteiger partial charge in [0.2, 0.25) is 0 Å². The number of fused-ring (bicyclic) bond motifs is 1. The van der Waals surface area contributed by atoms with Gasteiger partial charge in [0.25, 0.3) is 0 Å². The van der Waals surface area contributed by atoms with Gasteiger partial charge in [-0.05, 0) is 47.4 Å². The summed E-state index contributed by atoms with van der Waals surface area (Å²) in [5, 5.41) is 7.13. The number of methoxy groups -OCH3 is 2. The zero-order valence-corrected chi connectivity index (χ0v) is 16.5. The van der Waals surface area contributed by atoms with Gasteiger partial charge in [0.05, 0.1) is 14.2 Å². The minimum atomic E-state index is -0.0958. The Morgan fingerprint density at radius 2 is 1.97 bits per heavy atom. The molecule has 0 unspecified atom stereocenters. The maximum atomic E-state index is 12.6. The Balaban J connectivity index is 1.37. The van der Waals surface area contributed by atoms with Crippen LogP contribution in [0.1, 0.15) is 16.7 Å². The van der Waals surface area contributed by atoms with E-state index in [1.165, 1.54) is 5.56 Å². The molecule has 3 aromatic rings. The first-order chi connectivity index (χ1) is 14.2. The van der Waals surface area contributed by atoms with Crippen molar-refractivity contribution in [2.24, 2.45) is 0 Å². The highest BCUT2D eigenvalue weighted by molar-refractivity contribution is 5.74. The highest BCUT2D eigenvalue weighted by Crippen LogP contribution is 2.33. The Hall–Kier alpha value is -3.55. The predicted octanol–water partition coefficient (Wildman–Crippen LogP) is 2.55. The van der Waals surface area contributed by atoms with Gasteiger partial charge in [-0.2, -0.15) is 5.10 Å². The average molecular weight is 393 g/mol. The Morgan fingerprint density at radius 3 is 2.62 bits per heavy atom. The summed E-state index contributed by atoms with van der Waals surface area (Å²) in [4.78, 5) is 18.8. The van der Waals surface area contributed by atoms with Crippen molar-refractivity contribution in [1.82, 2.24) is 25.0 Å². The van der Waals surface area contributed by atoms with Crippen molar-refractivity contribution >= 4 is 6.03 Å². The van der Waals surface area contributed by atoms with Crippen molar-refractivity contribution in [2.75, 3.05) is 20.8 Å². The lowest BCUT2D eigenvalue weighted by Gasteiger charge is -2.29. The minimum Gasteiger partial charge on any atom is -0.493 e. The van der Waals surface area contributed by atoms with Crippen LogP contribution in [0, 0.1) is 0 Å². The number of hydrogen-bond acceptors (Lipinski definition) is 5. The molecule has 8 nitrogen and oxygen atoms in total. The van der Waals surface area contributed by atoms with Crippen molar-refractivity contribution < 1.29 is 14.3 Å². The molecule has 0 saturated carbocycles. The van der Waals surface area contributed by atoms with Gasteiger partial charge in [-0.3, -0.25) is 0 Å². The second-order valence-corrected chi connectivity index (χ2v) is 6.78. The second kappa shape index (κ2) is 8.22. The van der Waals surface area contributed by atoms with Crippen LogP contribution in [0.25, 0.3) is 5.82 Å². The van der Waals surface area contributed by atoms with Crippen LogP contribution >= 0.6 is 0 Å². The first-order valence-electron chi connectivity index (χ1n) is 9.39. The first kappa shape index (κ1) is 18.8. The maximum absolute atomic E-state index is 12.6. The van der Waals surface area contributed by atoms with Gasteiger partial charge in [-0.15, -0.1) is 0 Å². The third-order valence-electron chi connectivity index (χ3n) is 5.00. The number of pyridine rings is 1. The molecule has 1 aliphatic heterocycles. The van der Waals surface area contributed by atoms with Gasteiger partial charge in [0.1, 0.15) is 0 Å². The van der Waals surface area contributed by atoms with E-state index in [1.807, 2.05) is 36.5 Å². The van der Waals surface area contributed by atoms with Gasteiger partial charge in [0, 0.05) is 38.2 Å². The van der Waals surface area contributed by atoms with Gasteiger partial charge >= 0.3 is 6.03 Å². The Kier molecular flexibility index (Phi) is 5.33. The lowest BCUT2D eigenvalue weighted by Crippen LogP contribution is -2.42. The molecule has 2 amide bonds. The summed E-state index contributed by atoms with van der Waals surface area (Å²) in [6, 6.07) is 9.51. The van der Waals surface area contributed by atoms with Crippen molar-refractivity contribution in [3.8, 4) is 17.3 Å². The normalized spacial score (nSPS) is 13.0. The zero-order valence-electron chi connectivity index (χ0n) is 16.5. The maximum Gasteiger partial charge on any atom is 0.317 e. The lowest BCUT2D eigenvalue weighted by molar-refractivity contribution is 0.191. The van der Waals surface area contributed by atoms with Crippen LogP contribution in [0.5, 0.6) is 11.5 Å². The number of benzene rings is 1. The molecule has 2 aromatic heterocycles. The third-order valence-corrected chi connectivity index (χ3v) is 5.00. The van der Waals surface area contributed by atoms with Crippen LogP contribution in [0.3, 0.4) is 0 Å². The molecule has 0 radical (unpaired) electrons. The number of nitrogens with one attached hydrogen (secondary N) is 1. The summed E-state index contributed by atoms with van der Waals surface area (Å²) in [7, 11) is 3.24. The number of amides is 2. The van der Waals surface area contributed by atoms with Crippen LogP contribution in [0.2, 0.25) is 0 Å². The second-order valence-electron chi connectivity index (χ2n) is 6.78. The standard InChI is InChI=1S/C21H23N5O3/c1-28-18-10-16-6-9-25(14-17(16)11-19(18)29-2)21(27)23-13-15-4-5-20(22-12-15)26-8-3-7-24-26/h3-5,7-8,10-12H,6,9,13-14H2,1-2H3,(H,23,27). The molecule has 8 heteroatoms. The quantitative estimate of drug-likeness (QED) is 0.721. The van der Waals surface area contributed by atoms with E-state index in [1.54, 1.807) is 36.2 Å². The smallest absolute Gasteiger partial charge is 0.317 e. The summed E-state index contributed by atoms with van der Waals surface area (Å²) in [5.74, 6) is 2.13. The molecule has 0 saturated heterocycles. The molecule has 150 valence electrons. The lowest BCUT2D eigenvalue weighted by atomic mass is 9.99. The van der Waals surface area contributed by atoms with Crippen LogP contribution in [0.4, 0.5) is 4.79 Å². The van der Waals surface area contributed by atoms with E-state index in [-0.39, 0.29) is 6.03 Å². The number of urea groups is 1. The van der Waals surface area contributed by atoms with Gasteiger partial charge < -0.3 is 19.7 Å². The molecule has 0 atom stereocenters. The average Bonchev–Trinajstić information content (AvgIpc) is 3.31. The van der Waals surface area contributed by atoms with Crippen molar-refractivity contribution in [3.63, 3.8) is 0 Å². The number of hydrogen-bond donors (Lipinski definition) is 1. The number of carbonyl (C=O) groups excluding carboxylic acids is 1. The third kappa shape index (κ3) is 4.01. The largest absolute Gasteiger partial charge is 0.493 e. The Bertz CT molecular complexity index is 986. The van der Waals surface area contributed by atoms with Gasteiger partial charge in [0.15, 0.2) is 17.3 Å². The van der Waals surface area contributed by atoms with Gasteiger partial charge in [-0.25, -0.2) is 14.5 Å². The molecular weight excluding hydrogens is 370 g/mol. The molecule has 0 aliphatic carbocycles. The fraction of sp³-hybridized carbons (Fsp3) is 0.286. The van der Waals surface area contributed by atoms with E-state index in [9.17, 15) is 4.79 Å². The summed E-state index contributed by atoms with van der Waals surface area (Å²) in [6.07, 6.45) is 6.07. The monoisotopic (exact) mass is 393 g/mol. The Labute approximate surface area is 169 Å². The minimum absolute atomic E-state index is 0.0958. The summed E-state index contributed by atoms with van der Waals surface area (Å²) < 4.78 is 12.4. The Morgan fingerprint density at radius 1 is 1.17 bits per heavy atom. The van der Waals surface area contributed by atoms with Crippen molar-refractivity contribution in [2.45, 2.75) is 19.5 Å². The van der Waals surface area contributed by atoms with Crippen molar-refractivity contribution in [3.05, 3.63) is 65.6 Å². The van der Waals surface area contributed by atoms with E-state index in [0.29, 0.717) is 25.4 Å². The van der Waals surface area contributed by atoms with E-state index < -0.39 is 0 Å². The number of ether oxygens (including phenoxy) is 2. The molecular formula is C21H23N5O3. The molecule has 0 bridgehead atoms. The number of carbonyl (C=O) groups is 1. The highest BCUT2D eigenvalue weighted by atomic mass is 16.5. The summed E-state index contributed by atoms with van der Waals surface area (Å²) >= 11 is 0. The van der Waals surface area contributed by atoms with Crippen LogP contribution in [0.15, 0.2) is 48.9 Å². The molecule has 0 fully saturated rings. The topological polar surface area (TPSA) is 81.5 Å². The molecule has 3 heterocycles. The molecule has 29 heavy (non-hydrogen) atoms. The molecule has 1 aromatic carbocycles. The highest BCUT2D eigenvalue weighted by Gasteiger charge is 2.22. The predicted molar refractivity (Wildman–Crippen MR) is 107 cm³/mol. The van der Waals surface area contributed by atoms with Crippen LogP contribution in [-0.4, -0.2) is 46.5 Å². The zero-order chi connectivity index (χ0) is 20.2. The van der Waals surface area contributed by atoms with E-state index >= 15 is 0 Å². The van der Waals surface area contributed by atoms with E-state index in [4.69, 9.17) is 9.47 Å². The SMILES string of the molecule is COc1cc2c(cc1OC)CN(C(=O)NCc1ccc(-n3cccn3)nc1)CC2. The fourth-order valence-corrected chi connectivity index (χ4v) is 3.41. The summed E-state index contributed by atoms with van der Waals surface area (Å²) in [6.45, 7) is 1.61. The first-order valence-corrected chi connectivity index (χ1v) is 9.39. The van der Waals surface area contributed by atoms with Crippen molar-refractivity contribution in [1.29, 1.82) is 0 Å². The van der Waals surface area contributed by atoms with E-state index in [2.05, 4.69) is 15.4 Å². The number of rotatable bonds is 5. The van der Waals surface area contributed by atoms with Gasteiger partial charge in [-0.1, -0.05) is 6.07 Å². The van der Waals surface area contributed by atoms with Crippen LogP contribution in [-0.2, 0) is 19.5 Å². The van der Waals surface area contributed by atoms with Crippen LogP contribution < -0.4 is 14.8 Å².